The van der Waals surface area contributed by atoms with Gasteiger partial charge in [0.2, 0.25) is 0 Å². The number of thiazole rings is 1. The second-order valence-corrected chi connectivity index (χ2v) is 9.42. The van der Waals surface area contributed by atoms with Crippen LogP contribution in [0.25, 0.3) is 10.2 Å². The van der Waals surface area contributed by atoms with Crippen molar-refractivity contribution >= 4 is 51.6 Å². The Morgan fingerprint density at radius 1 is 1.21 bits per heavy atom. The molecule has 0 radical (unpaired) electrons. The van der Waals surface area contributed by atoms with E-state index in [0.29, 0.717) is 37.0 Å². The molecule has 0 bridgehead atoms. The predicted octanol–water partition coefficient (Wildman–Crippen LogP) is 1.02. The van der Waals surface area contributed by atoms with Gasteiger partial charge in [-0.2, -0.15) is 0 Å². The molecule has 178 valence electrons. The number of piperidine rings is 1. The number of likely N-dealkylation sites (tertiary alicyclic amines) is 1. The number of ether oxygens (including phenoxy) is 2. The quantitative estimate of drug-likeness (QED) is 0.586. The number of likely N-dealkylation sites (N-methyl/N-ethyl adjacent to an activating group) is 2. The van der Waals surface area contributed by atoms with Gasteiger partial charge in [-0.15, -0.1) is 0 Å². The number of amidine groups is 1. The van der Waals surface area contributed by atoms with Gasteiger partial charge in [-0.3, -0.25) is 19.4 Å². The second-order valence-electron chi connectivity index (χ2n) is 8.43. The molecule has 3 aliphatic heterocycles. The maximum atomic E-state index is 13.0. The Kier molecular flexibility index (Phi) is 5.68. The monoisotopic (exact) mass is 485 g/mol. The molecule has 1 unspecified atom stereocenters. The summed E-state index contributed by atoms with van der Waals surface area (Å²) in [6.45, 7) is 1.13. The summed E-state index contributed by atoms with van der Waals surface area (Å²) in [7, 11) is 4.63. The van der Waals surface area contributed by atoms with Crippen LogP contribution in [-0.4, -0.2) is 107 Å². The Morgan fingerprint density at radius 2 is 1.97 bits per heavy atom. The minimum absolute atomic E-state index is 0.0184. The van der Waals surface area contributed by atoms with Crippen molar-refractivity contribution in [3.05, 3.63) is 18.2 Å². The van der Waals surface area contributed by atoms with Gasteiger partial charge in [0.15, 0.2) is 6.54 Å². The van der Waals surface area contributed by atoms with Gasteiger partial charge >= 0.3 is 6.03 Å². The van der Waals surface area contributed by atoms with Crippen LogP contribution in [0.4, 0.5) is 4.79 Å². The molecule has 4 heterocycles. The topological polar surface area (TPSA) is 108 Å². The summed E-state index contributed by atoms with van der Waals surface area (Å²) >= 11 is 1.49. The molecule has 1 aromatic heterocycles. The molecule has 3 aliphatic rings. The number of fused-ring (bicyclic) bond motifs is 2. The summed E-state index contributed by atoms with van der Waals surface area (Å²) < 4.78 is 14.0. The molecule has 34 heavy (non-hydrogen) atoms. The highest BCUT2D eigenvalue weighted by Crippen LogP contribution is 2.32. The fourth-order valence-electron chi connectivity index (χ4n) is 4.36. The number of hydrogen-bond acceptors (Lipinski definition) is 8. The van der Waals surface area contributed by atoms with Crippen LogP contribution in [0.3, 0.4) is 0 Å². The third-order valence-corrected chi connectivity index (χ3v) is 7.28. The number of methoxy groups -OCH3 is 1. The molecule has 5 rings (SSSR count). The highest BCUT2D eigenvalue weighted by Gasteiger charge is 2.51. The Hall–Kier alpha value is -3.54. The van der Waals surface area contributed by atoms with Crippen molar-refractivity contribution in [2.24, 2.45) is 4.99 Å². The van der Waals surface area contributed by atoms with Gasteiger partial charge in [-0.1, -0.05) is 11.3 Å². The van der Waals surface area contributed by atoms with Crippen LogP contribution in [-0.2, 0) is 9.59 Å². The number of rotatable bonds is 5. The largest absolute Gasteiger partial charge is 0.497 e. The Labute approximate surface area is 199 Å². The molecular formula is C22H25N6O5S+. The van der Waals surface area contributed by atoms with E-state index in [-0.39, 0.29) is 24.5 Å². The zero-order valence-electron chi connectivity index (χ0n) is 19.1. The molecule has 4 amide bonds. The van der Waals surface area contributed by atoms with Gasteiger partial charge in [0.1, 0.15) is 11.9 Å². The highest BCUT2D eigenvalue weighted by molar-refractivity contribution is 7.20. The van der Waals surface area contributed by atoms with Crippen molar-refractivity contribution in [2.75, 3.05) is 40.8 Å². The van der Waals surface area contributed by atoms with Gasteiger partial charge in [0.05, 0.1) is 17.3 Å². The minimum atomic E-state index is -0.754. The lowest BCUT2D eigenvalue weighted by molar-refractivity contribution is -0.520. The van der Waals surface area contributed by atoms with Crippen molar-refractivity contribution in [3.63, 3.8) is 0 Å². The average Bonchev–Trinajstić information content (AvgIpc) is 3.44. The first-order valence-electron chi connectivity index (χ1n) is 11.0. The number of benzene rings is 1. The molecule has 2 aromatic rings. The maximum absolute atomic E-state index is 13.0. The molecule has 11 nitrogen and oxygen atoms in total. The Balaban J connectivity index is 1.16. The van der Waals surface area contributed by atoms with Crippen LogP contribution in [0, 0.1) is 0 Å². The first kappa shape index (κ1) is 22.3. The van der Waals surface area contributed by atoms with E-state index in [9.17, 15) is 14.4 Å². The number of imide groups is 1. The summed E-state index contributed by atoms with van der Waals surface area (Å²) in [4.78, 5) is 50.6. The maximum Gasteiger partial charge on any atom is 0.333 e. The van der Waals surface area contributed by atoms with Crippen LogP contribution in [0.1, 0.15) is 12.8 Å². The fraction of sp³-hybridized carbons (Fsp3) is 0.455. The van der Waals surface area contributed by atoms with Crippen molar-refractivity contribution < 1.29 is 28.4 Å². The Morgan fingerprint density at radius 3 is 2.71 bits per heavy atom. The number of aliphatic imine (C=N–C) groups is 1. The fourth-order valence-corrected chi connectivity index (χ4v) is 5.22. The summed E-state index contributed by atoms with van der Waals surface area (Å²) in [5, 5.41) is 0.614. The number of urea groups is 1. The molecule has 0 spiro atoms. The first-order valence-corrected chi connectivity index (χ1v) is 11.8. The van der Waals surface area contributed by atoms with Crippen molar-refractivity contribution in [3.8, 4) is 10.9 Å². The van der Waals surface area contributed by atoms with Crippen LogP contribution < -0.4 is 9.47 Å². The summed E-state index contributed by atoms with van der Waals surface area (Å²) in [6.07, 6.45) is 2.84. The number of hydrogen-bond donors (Lipinski definition) is 0. The van der Waals surface area contributed by atoms with Crippen LogP contribution in [0.2, 0.25) is 0 Å². The molecule has 0 saturated carbocycles. The summed E-state index contributed by atoms with van der Waals surface area (Å²) in [5.41, 5.74) is 0.839. The highest BCUT2D eigenvalue weighted by atomic mass is 32.1. The zero-order chi connectivity index (χ0) is 24.0. The minimum Gasteiger partial charge on any atom is -0.497 e. The van der Waals surface area contributed by atoms with Gasteiger partial charge in [0.25, 0.3) is 35.2 Å². The SMILES string of the molecule is COc1ccc2sc(OC3CCN(C(=O)C[N+]4=CN=C5C4C(=O)N(C)C(=O)N5C)CC3)nc2c1. The lowest BCUT2D eigenvalue weighted by atomic mass is 10.1. The van der Waals surface area contributed by atoms with Crippen molar-refractivity contribution in [1.29, 1.82) is 0 Å². The number of carbonyl (C=O) groups excluding carboxylic acids is 3. The molecule has 0 N–H and O–H groups in total. The summed E-state index contributed by atoms with van der Waals surface area (Å²) in [6, 6.07) is 4.56. The van der Waals surface area contributed by atoms with Crippen LogP contribution in [0.5, 0.6) is 10.9 Å². The predicted molar refractivity (Wildman–Crippen MR) is 125 cm³/mol. The van der Waals surface area contributed by atoms with E-state index >= 15 is 0 Å². The lowest BCUT2D eigenvalue weighted by Crippen LogP contribution is -2.62. The standard InChI is InChI=1S/C22H25N6O5S/c1-25-19-18(20(30)26(2)22(25)31)28(12-23-19)11-17(29)27-8-6-13(7-9-27)33-21-24-15-10-14(32-3)4-5-16(15)34-21/h4-5,10,12-13,18H,6-9,11H2,1-3H3/q+1. The average molecular weight is 486 g/mol. The number of nitrogens with zero attached hydrogens (tertiary/aromatic N) is 6. The molecular weight excluding hydrogens is 460 g/mol. The molecule has 1 atom stereocenters. The van der Waals surface area contributed by atoms with Crippen LogP contribution in [0.15, 0.2) is 23.2 Å². The van der Waals surface area contributed by atoms with E-state index in [4.69, 9.17) is 9.47 Å². The van der Waals surface area contributed by atoms with Gasteiger partial charge in [-0.25, -0.2) is 14.4 Å². The number of aromatic nitrogens is 1. The van der Waals surface area contributed by atoms with E-state index < -0.39 is 12.1 Å². The molecule has 12 heteroatoms. The van der Waals surface area contributed by atoms with E-state index in [1.165, 1.54) is 29.6 Å². The van der Waals surface area contributed by atoms with E-state index in [0.717, 1.165) is 20.9 Å². The van der Waals surface area contributed by atoms with Crippen LogP contribution >= 0.6 is 11.3 Å². The Bertz CT molecular complexity index is 1230. The normalized spacial score (nSPS) is 21.0. The lowest BCUT2D eigenvalue weighted by Gasteiger charge is -2.33. The number of carbonyl (C=O) groups is 3. The van der Waals surface area contributed by atoms with Crippen molar-refractivity contribution in [1.82, 2.24) is 19.7 Å². The van der Waals surface area contributed by atoms with Crippen molar-refractivity contribution in [2.45, 2.75) is 25.0 Å². The third kappa shape index (κ3) is 3.87. The van der Waals surface area contributed by atoms with E-state index in [1.54, 1.807) is 23.6 Å². The first-order chi connectivity index (χ1) is 16.4. The molecule has 2 fully saturated rings. The van der Waals surface area contributed by atoms with Gasteiger partial charge < -0.3 is 14.4 Å². The van der Waals surface area contributed by atoms with E-state index in [2.05, 4.69) is 9.98 Å². The van der Waals surface area contributed by atoms with Gasteiger partial charge in [0, 0.05) is 46.1 Å². The number of amides is 4. The smallest absolute Gasteiger partial charge is 0.333 e. The molecule has 1 aromatic carbocycles. The van der Waals surface area contributed by atoms with E-state index in [1.807, 2.05) is 18.2 Å². The molecule has 2 saturated heterocycles. The second kappa shape index (κ2) is 8.67. The van der Waals surface area contributed by atoms with Gasteiger partial charge in [-0.05, 0) is 17.1 Å². The third-order valence-electron chi connectivity index (χ3n) is 6.35. The summed E-state index contributed by atoms with van der Waals surface area (Å²) in [5.74, 6) is 0.627. The molecule has 0 aliphatic carbocycles. The zero-order valence-corrected chi connectivity index (χ0v) is 19.9.